The monoisotopic (exact) mass is 308 g/mol. The van der Waals surface area contributed by atoms with E-state index in [2.05, 4.69) is 35.9 Å². The number of hydrogen-bond acceptors (Lipinski definition) is 3. The lowest BCUT2D eigenvalue weighted by molar-refractivity contribution is 0.587. The van der Waals surface area contributed by atoms with Crippen LogP contribution in [0.25, 0.3) is 10.9 Å². The van der Waals surface area contributed by atoms with E-state index in [-0.39, 0.29) is 11.5 Å². The fourth-order valence-corrected chi connectivity index (χ4v) is 3.13. The van der Waals surface area contributed by atoms with E-state index in [1.54, 1.807) is 6.92 Å². The van der Waals surface area contributed by atoms with Crippen molar-refractivity contribution in [3.05, 3.63) is 36.0 Å². The summed E-state index contributed by atoms with van der Waals surface area (Å²) in [7, 11) is -2.94. The molecule has 1 aromatic heterocycles. The van der Waals surface area contributed by atoms with Gasteiger partial charge in [-0.15, -0.1) is 0 Å². The van der Waals surface area contributed by atoms with Crippen molar-refractivity contribution in [3.63, 3.8) is 0 Å². The van der Waals surface area contributed by atoms with Gasteiger partial charge in [-0.3, -0.25) is 0 Å². The van der Waals surface area contributed by atoms with Gasteiger partial charge >= 0.3 is 0 Å². The maximum absolute atomic E-state index is 11.7. The standard InChI is InChI=1S/C16H24N2O2S/c1-4-21(19,20)11-10-18-9-8-14-6-5-7-15(16(14)18)12-17-13(2)3/h5-9,13,17H,4,10-12H2,1-3H3. The largest absolute Gasteiger partial charge is 0.346 e. The van der Waals surface area contributed by atoms with Crippen molar-refractivity contribution in [2.24, 2.45) is 0 Å². The van der Waals surface area contributed by atoms with Gasteiger partial charge in [0.2, 0.25) is 0 Å². The van der Waals surface area contributed by atoms with E-state index in [9.17, 15) is 8.42 Å². The lowest BCUT2D eigenvalue weighted by Crippen LogP contribution is -2.22. The van der Waals surface area contributed by atoms with Crippen LogP contribution in [0.3, 0.4) is 0 Å². The molecule has 5 heteroatoms. The Bertz CT molecular complexity index is 702. The lowest BCUT2D eigenvalue weighted by atomic mass is 10.1. The highest BCUT2D eigenvalue weighted by Gasteiger charge is 2.11. The normalized spacial score (nSPS) is 12.4. The van der Waals surface area contributed by atoms with Crippen LogP contribution in [0.15, 0.2) is 30.5 Å². The Morgan fingerprint density at radius 3 is 2.67 bits per heavy atom. The molecule has 0 unspecified atom stereocenters. The average molecular weight is 308 g/mol. The van der Waals surface area contributed by atoms with Crippen LogP contribution in [-0.4, -0.2) is 30.5 Å². The van der Waals surface area contributed by atoms with Crippen LogP contribution in [0.2, 0.25) is 0 Å². The predicted molar refractivity (Wildman–Crippen MR) is 88.2 cm³/mol. The van der Waals surface area contributed by atoms with E-state index >= 15 is 0 Å². The quantitative estimate of drug-likeness (QED) is 0.855. The smallest absolute Gasteiger partial charge is 0.151 e. The summed E-state index contributed by atoms with van der Waals surface area (Å²) in [5.41, 5.74) is 2.34. The molecular weight excluding hydrogens is 284 g/mol. The van der Waals surface area contributed by atoms with Gasteiger partial charge < -0.3 is 9.88 Å². The summed E-state index contributed by atoms with van der Waals surface area (Å²) in [6.07, 6.45) is 1.98. The summed E-state index contributed by atoms with van der Waals surface area (Å²) in [4.78, 5) is 0. The van der Waals surface area contributed by atoms with Crippen molar-refractivity contribution >= 4 is 20.7 Å². The fraction of sp³-hybridized carbons (Fsp3) is 0.500. The molecule has 1 heterocycles. The van der Waals surface area contributed by atoms with Crippen LogP contribution in [0, 0.1) is 0 Å². The van der Waals surface area contributed by atoms with Crippen LogP contribution in [0.4, 0.5) is 0 Å². The highest BCUT2D eigenvalue weighted by Crippen LogP contribution is 2.20. The summed E-state index contributed by atoms with van der Waals surface area (Å²) in [6.45, 7) is 7.24. The summed E-state index contributed by atoms with van der Waals surface area (Å²) < 4.78 is 25.5. The molecule has 0 fully saturated rings. The average Bonchev–Trinajstić information content (AvgIpc) is 2.87. The molecule has 0 saturated carbocycles. The zero-order valence-electron chi connectivity index (χ0n) is 13.0. The highest BCUT2D eigenvalue weighted by atomic mass is 32.2. The molecule has 1 N–H and O–H groups in total. The van der Waals surface area contributed by atoms with Crippen LogP contribution in [-0.2, 0) is 22.9 Å². The van der Waals surface area contributed by atoms with Gasteiger partial charge in [-0.1, -0.05) is 39.0 Å². The van der Waals surface area contributed by atoms with Gasteiger partial charge in [0.05, 0.1) is 11.3 Å². The fourth-order valence-electron chi connectivity index (χ4n) is 2.37. The third-order valence-electron chi connectivity index (χ3n) is 3.66. The van der Waals surface area contributed by atoms with Crippen LogP contribution < -0.4 is 5.32 Å². The van der Waals surface area contributed by atoms with Crippen LogP contribution >= 0.6 is 0 Å². The number of sulfone groups is 1. The van der Waals surface area contributed by atoms with Gasteiger partial charge in [-0.05, 0) is 17.0 Å². The first-order valence-corrected chi connectivity index (χ1v) is 9.25. The molecule has 1 aromatic carbocycles. The van der Waals surface area contributed by atoms with Crippen molar-refractivity contribution in [1.29, 1.82) is 0 Å². The highest BCUT2D eigenvalue weighted by molar-refractivity contribution is 7.91. The van der Waals surface area contributed by atoms with Crippen LogP contribution in [0.5, 0.6) is 0 Å². The first-order chi connectivity index (χ1) is 9.93. The minimum absolute atomic E-state index is 0.194. The number of rotatable bonds is 7. The van der Waals surface area contributed by atoms with Gasteiger partial charge in [0.15, 0.2) is 9.84 Å². The molecule has 0 aliphatic carbocycles. The molecule has 0 aliphatic rings. The molecule has 0 atom stereocenters. The van der Waals surface area contributed by atoms with E-state index in [0.717, 1.165) is 17.4 Å². The maximum Gasteiger partial charge on any atom is 0.151 e. The van der Waals surface area contributed by atoms with Gasteiger partial charge in [-0.2, -0.15) is 0 Å². The van der Waals surface area contributed by atoms with E-state index < -0.39 is 9.84 Å². The first kappa shape index (κ1) is 16.0. The molecule has 0 radical (unpaired) electrons. The molecule has 0 saturated heterocycles. The zero-order valence-corrected chi connectivity index (χ0v) is 13.8. The SMILES string of the molecule is CCS(=O)(=O)CCn1ccc2cccc(CNC(C)C)c21. The first-order valence-electron chi connectivity index (χ1n) is 7.43. The second kappa shape index (κ2) is 6.62. The minimum Gasteiger partial charge on any atom is -0.346 e. The minimum atomic E-state index is -2.94. The van der Waals surface area contributed by atoms with E-state index in [1.807, 2.05) is 18.3 Å². The van der Waals surface area contributed by atoms with Gasteiger partial charge in [-0.25, -0.2) is 8.42 Å². The van der Waals surface area contributed by atoms with Gasteiger partial charge in [0, 0.05) is 31.1 Å². The molecule has 4 nitrogen and oxygen atoms in total. The molecule has 2 aromatic rings. The van der Waals surface area contributed by atoms with Crippen molar-refractivity contribution in [1.82, 2.24) is 9.88 Å². The number of nitrogens with one attached hydrogen (secondary N) is 1. The number of benzene rings is 1. The topological polar surface area (TPSA) is 51.1 Å². The third kappa shape index (κ3) is 4.08. The Balaban J connectivity index is 2.28. The molecule has 2 rings (SSSR count). The zero-order chi connectivity index (χ0) is 15.5. The Kier molecular flexibility index (Phi) is 5.06. The van der Waals surface area contributed by atoms with E-state index in [0.29, 0.717) is 12.6 Å². The maximum atomic E-state index is 11.7. The number of hydrogen-bond donors (Lipinski definition) is 1. The molecule has 0 spiro atoms. The molecule has 116 valence electrons. The molecule has 0 aliphatic heterocycles. The lowest BCUT2D eigenvalue weighted by Gasteiger charge is -2.12. The number of nitrogens with zero attached hydrogens (tertiary/aromatic N) is 1. The number of aryl methyl sites for hydroxylation is 1. The second-order valence-electron chi connectivity index (χ2n) is 5.64. The van der Waals surface area contributed by atoms with Crippen molar-refractivity contribution in [2.45, 2.75) is 39.9 Å². The Labute approximate surface area is 127 Å². The van der Waals surface area contributed by atoms with E-state index in [1.165, 1.54) is 5.56 Å². The summed E-state index contributed by atoms with van der Waals surface area (Å²) in [6, 6.07) is 8.69. The van der Waals surface area contributed by atoms with Gasteiger partial charge in [0.25, 0.3) is 0 Å². The molecule has 0 amide bonds. The molecular formula is C16H24N2O2S. The van der Waals surface area contributed by atoms with Gasteiger partial charge in [0.1, 0.15) is 0 Å². The number of aromatic nitrogens is 1. The number of para-hydroxylation sites is 1. The van der Waals surface area contributed by atoms with Crippen molar-refractivity contribution in [2.75, 3.05) is 11.5 Å². The number of fused-ring (bicyclic) bond motifs is 1. The van der Waals surface area contributed by atoms with Crippen molar-refractivity contribution < 1.29 is 8.42 Å². The second-order valence-corrected chi connectivity index (χ2v) is 8.11. The Morgan fingerprint density at radius 2 is 2.00 bits per heavy atom. The third-order valence-corrected chi connectivity index (χ3v) is 5.34. The summed E-state index contributed by atoms with van der Waals surface area (Å²) >= 11 is 0. The summed E-state index contributed by atoms with van der Waals surface area (Å²) in [5.74, 6) is 0.396. The van der Waals surface area contributed by atoms with Crippen LogP contribution in [0.1, 0.15) is 26.3 Å². The predicted octanol–water partition coefficient (Wildman–Crippen LogP) is 2.57. The molecule has 21 heavy (non-hydrogen) atoms. The molecule has 0 bridgehead atoms. The van der Waals surface area contributed by atoms with E-state index in [4.69, 9.17) is 0 Å². The summed E-state index contributed by atoms with van der Waals surface area (Å²) in [5, 5.41) is 4.58. The Hall–Kier alpha value is -1.33. The Morgan fingerprint density at radius 1 is 1.24 bits per heavy atom. The van der Waals surface area contributed by atoms with Crippen molar-refractivity contribution in [3.8, 4) is 0 Å².